The van der Waals surface area contributed by atoms with Crippen molar-refractivity contribution in [2.75, 3.05) is 0 Å². The van der Waals surface area contributed by atoms with Crippen molar-refractivity contribution in [2.45, 2.75) is 0 Å². The molecule has 3 heterocycles. The minimum absolute atomic E-state index is 0.697. The molecule has 4 nitrogen and oxygen atoms in total. The van der Waals surface area contributed by atoms with E-state index in [2.05, 4.69) is 125 Å². The molecule has 0 bridgehead atoms. The molecule has 0 radical (unpaired) electrons. The van der Waals surface area contributed by atoms with Crippen molar-refractivity contribution in [2.24, 2.45) is 0 Å². The van der Waals surface area contributed by atoms with Crippen LogP contribution in [0.1, 0.15) is 0 Å². The lowest BCUT2D eigenvalue weighted by Gasteiger charge is -2.12. The number of pyridine rings is 1. The van der Waals surface area contributed by atoms with Gasteiger partial charge < -0.3 is 4.57 Å². The van der Waals surface area contributed by atoms with Gasteiger partial charge in [-0.3, -0.25) is 4.98 Å². The second-order valence-corrected chi connectivity index (χ2v) is 10.5. The lowest BCUT2D eigenvalue weighted by molar-refractivity contribution is 1.17. The molecular weight excluding hydrogens is 524 g/mol. The molecule has 43 heavy (non-hydrogen) atoms. The first-order valence-electron chi connectivity index (χ1n) is 14.4. The maximum absolute atomic E-state index is 5.04. The van der Waals surface area contributed by atoms with E-state index in [1.165, 1.54) is 21.8 Å². The van der Waals surface area contributed by atoms with Gasteiger partial charge in [0.05, 0.1) is 28.1 Å². The molecule has 202 valence electrons. The standard InChI is InChI=1S/C39H26N4/c1-2-11-28(12-3-1)39-41-35(26-36(42-39)30-14-10-13-29(25-30)34-17-8-9-24-40-34)27-20-22-31(23-21-27)43-37-18-6-4-15-32(37)33-16-5-7-19-38(33)43/h1-26H. The van der Waals surface area contributed by atoms with Crippen LogP contribution in [-0.2, 0) is 0 Å². The van der Waals surface area contributed by atoms with Gasteiger partial charge in [-0.1, -0.05) is 103 Å². The van der Waals surface area contributed by atoms with Gasteiger partial charge in [-0.2, -0.15) is 0 Å². The van der Waals surface area contributed by atoms with Gasteiger partial charge in [-0.05, 0) is 48.5 Å². The molecule has 8 rings (SSSR count). The second kappa shape index (κ2) is 10.5. The van der Waals surface area contributed by atoms with Crippen LogP contribution in [0.5, 0.6) is 0 Å². The minimum atomic E-state index is 0.697. The maximum atomic E-state index is 5.04. The molecule has 0 unspecified atom stereocenters. The molecule has 5 aromatic carbocycles. The van der Waals surface area contributed by atoms with Crippen molar-refractivity contribution in [1.82, 2.24) is 19.5 Å². The van der Waals surface area contributed by atoms with Crippen LogP contribution in [0, 0.1) is 0 Å². The SMILES string of the molecule is c1ccc(-c2nc(-c3ccc(-n4c5ccccc5c5ccccc54)cc3)cc(-c3cccc(-c4ccccn4)c3)n2)cc1. The van der Waals surface area contributed by atoms with E-state index in [9.17, 15) is 0 Å². The van der Waals surface area contributed by atoms with Crippen LogP contribution in [0.15, 0.2) is 158 Å². The van der Waals surface area contributed by atoms with E-state index < -0.39 is 0 Å². The Bertz CT molecular complexity index is 2160. The topological polar surface area (TPSA) is 43.6 Å². The van der Waals surface area contributed by atoms with E-state index in [0.29, 0.717) is 5.82 Å². The number of hydrogen-bond acceptors (Lipinski definition) is 3. The van der Waals surface area contributed by atoms with Gasteiger partial charge in [0.25, 0.3) is 0 Å². The van der Waals surface area contributed by atoms with E-state index in [1.807, 2.05) is 42.6 Å². The lowest BCUT2D eigenvalue weighted by Crippen LogP contribution is -1.97. The lowest BCUT2D eigenvalue weighted by atomic mass is 10.0. The normalized spacial score (nSPS) is 11.3. The summed E-state index contributed by atoms with van der Waals surface area (Å²) >= 11 is 0. The maximum Gasteiger partial charge on any atom is 0.160 e. The summed E-state index contributed by atoms with van der Waals surface area (Å²) in [5.74, 6) is 0.697. The van der Waals surface area contributed by atoms with E-state index in [4.69, 9.17) is 9.97 Å². The van der Waals surface area contributed by atoms with Crippen molar-refractivity contribution in [3.63, 3.8) is 0 Å². The van der Waals surface area contributed by atoms with Crippen molar-refractivity contribution in [3.05, 3.63) is 158 Å². The molecule has 4 heteroatoms. The predicted molar refractivity (Wildman–Crippen MR) is 176 cm³/mol. The van der Waals surface area contributed by atoms with E-state index in [0.717, 1.165) is 45.0 Å². The number of benzene rings is 5. The molecule has 0 aliphatic rings. The Morgan fingerprint density at radius 3 is 1.65 bits per heavy atom. The minimum Gasteiger partial charge on any atom is -0.309 e. The average Bonchev–Trinajstić information content (AvgIpc) is 3.43. The van der Waals surface area contributed by atoms with E-state index in [1.54, 1.807) is 0 Å². The van der Waals surface area contributed by atoms with Crippen LogP contribution in [0.2, 0.25) is 0 Å². The molecule has 0 saturated heterocycles. The smallest absolute Gasteiger partial charge is 0.160 e. The Morgan fingerprint density at radius 2 is 0.977 bits per heavy atom. The molecule has 0 N–H and O–H groups in total. The Balaban J connectivity index is 1.25. The molecule has 0 atom stereocenters. The van der Waals surface area contributed by atoms with Gasteiger partial charge >= 0.3 is 0 Å². The summed E-state index contributed by atoms with van der Waals surface area (Å²) in [4.78, 5) is 14.6. The zero-order valence-electron chi connectivity index (χ0n) is 23.3. The van der Waals surface area contributed by atoms with Gasteiger partial charge in [-0.15, -0.1) is 0 Å². The number of hydrogen-bond donors (Lipinski definition) is 0. The van der Waals surface area contributed by atoms with E-state index in [-0.39, 0.29) is 0 Å². The zero-order valence-corrected chi connectivity index (χ0v) is 23.3. The first kappa shape index (κ1) is 24.9. The van der Waals surface area contributed by atoms with Crippen molar-refractivity contribution in [3.8, 4) is 50.8 Å². The highest BCUT2D eigenvalue weighted by Crippen LogP contribution is 2.34. The zero-order chi connectivity index (χ0) is 28.6. The Hall–Kier alpha value is -5.87. The Morgan fingerprint density at radius 1 is 0.395 bits per heavy atom. The fraction of sp³-hybridized carbons (Fsp3) is 0. The van der Waals surface area contributed by atoms with Gasteiger partial charge in [0.1, 0.15) is 0 Å². The molecular formula is C39H26N4. The molecule has 0 aliphatic carbocycles. The van der Waals surface area contributed by atoms with Crippen LogP contribution < -0.4 is 0 Å². The first-order chi connectivity index (χ1) is 21.3. The Labute approximate surface area is 249 Å². The van der Waals surface area contributed by atoms with Crippen LogP contribution in [0.3, 0.4) is 0 Å². The quantitative estimate of drug-likeness (QED) is 0.214. The van der Waals surface area contributed by atoms with Crippen LogP contribution in [-0.4, -0.2) is 19.5 Å². The number of fused-ring (bicyclic) bond motifs is 3. The molecule has 0 fully saturated rings. The molecule has 0 aliphatic heterocycles. The summed E-state index contributed by atoms with van der Waals surface area (Å²) in [5, 5.41) is 2.51. The highest BCUT2D eigenvalue weighted by molar-refractivity contribution is 6.09. The molecule has 3 aromatic heterocycles. The average molecular weight is 551 g/mol. The van der Waals surface area contributed by atoms with Gasteiger partial charge in [0.15, 0.2) is 5.82 Å². The third-order valence-corrected chi connectivity index (χ3v) is 7.88. The third kappa shape index (κ3) is 4.55. The van der Waals surface area contributed by atoms with Crippen molar-refractivity contribution >= 4 is 21.8 Å². The summed E-state index contributed by atoms with van der Waals surface area (Å²) in [6, 6.07) is 52.4. The number of rotatable bonds is 5. The number of para-hydroxylation sites is 2. The highest BCUT2D eigenvalue weighted by atomic mass is 15.0. The third-order valence-electron chi connectivity index (χ3n) is 7.88. The van der Waals surface area contributed by atoms with Crippen molar-refractivity contribution < 1.29 is 0 Å². The van der Waals surface area contributed by atoms with Crippen LogP contribution in [0.4, 0.5) is 0 Å². The van der Waals surface area contributed by atoms with Crippen LogP contribution >= 0.6 is 0 Å². The number of aromatic nitrogens is 4. The fourth-order valence-corrected chi connectivity index (χ4v) is 5.81. The summed E-state index contributed by atoms with van der Waals surface area (Å²) < 4.78 is 2.33. The molecule has 0 amide bonds. The summed E-state index contributed by atoms with van der Waals surface area (Å²) in [6.45, 7) is 0. The van der Waals surface area contributed by atoms with Gasteiger partial charge in [0, 0.05) is 44.9 Å². The van der Waals surface area contributed by atoms with Gasteiger partial charge in [0.2, 0.25) is 0 Å². The predicted octanol–water partition coefficient (Wildman–Crippen LogP) is 9.64. The molecule has 8 aromatic rings. The summed E-state index contributed by atoms with van der Waals surface area (Å²) in [5.41, 5.74) is 10.3. The summed E-state index contributed by atoms with van der Waals surface area (Å²) in [6.07, 6.45) is 1.82. The summed E-state index contributed by atoms with van der Waals surface area (Å²) in [7, 11) is 0. The second-order valence-electron chi connectivity index (χ2n) is 10.5. The molecule has 0 spiro atoms. The van der Waals surface area contributed by atoms with Gasteiger partial charge in [-0.25, -0.2) is 9.97 Å². The van der Waals surface area contributed by atoms with Crippen LogP contribution in [0.25, 0.3) is 72.7 Å². The highest BCUT2D eigenvalue weighted by Gasteiger charge is 2.14. The van der Waals surface area contributed by atoms with E-state index >= 15 is 0 Å². The first-order valence-corrected chi connectivity index (χ1v) is 14.4. The largest absolute Gasteiger partial charge is 0.309 e. The number of nitrogens with zero attached hydrogens (tertiary/aromatic N) is 4. The molecule has 0 saturated carbocycles. The fourth-order valence-electron chi connectivity index (χ4n) is 5.81. The Kier molecular flexibility index (Phi) is 6.08. The monoisotopic (exact) mass is 550 g/mol. The van der Waals surface area contributed by atoms with Crippen molar-refractivity contribution in [1.29, 1.82) is 0 Å².